The van der Waals surface area contributed by atoms with Crippen molar-refractivity contribution in [2.45, 2.75) is 19.8 Å². The van der Waals surface area contributed by atoms with Crippen molar-refractivity contribution in [3.8, 4) is 28.6 Å². The predicted octanol–water partition coefficient (Wildman–Crippen LogP) is 3.90. The Morgan fingerprint density at radius 3 is 1.96 bits per heavy atom. The van der Waals surface area contributed by atoms with Gasteiger partial charge in [0.05, 0.1) is 14.2 Å². The van der Waals surface area contributed by atoms with Crippen LogP contribution in [0.5, 0.6) is 11.5 Å². The Kier molecular flexibility index (Phi) is 4.79. The third kappa shape index (κ3) is 3.11. The summed E-state index contributed by atoms with van der Waals surface area (Å²) in [6, 6.07) is 15.8. The molecule has 0 atom stereocenters. The summed E-state index contributed by atoms with van der Waals surface area (Å²) in [6.45, 7) is 2.14. The van der Waals surface area contributed by atoms with Gasteiger partial charge >= 0.3 is 0 Å². The Balaban J connectivity index is 2.08. The van der Waals surface area contributed by atoms with Crippen LogP contribution in [0.1, 0.15) is 19.2 Å². The maximum absolute atomic E-state index is 5.25. The second-order valence-corrected chi connectivity index (χ2v) is 5.45. The van der Waals surface area contributed by atoms with Crippen LogP contribution in [0.2, 0.25) is 0 Å². The third-order valence-electron chi connectivity index (χ3n) is 3.88. The monoisotopic (exact) mass is 323 g/mol. The molecule has 124 valence electrons. The molecule has 24 heavy (non-hydrogen) atoms. The maximum Gasteiger partial charge on any atom is 0.168 e. The highest BCUT2D eigenvalue weighted by Crippen LogP contribution is 2.26. The van der Waals surface area contributed by atoms with Crippen molar-refractivity contribution in [3.05, 3.63) is 54.4 Å². The average Bonchev–Trinajstić information content (AvgIpc) is 3.06. The molecule has 0 saturated carbocycles. The summed E-state index contributed by atoms with van der Waals surface area (Å²) in [5, 5.41) is 8.81. The molecule has 0 radical (unpaired) electrons. The molecule has 2 aromatic carbocycles. The highest BCUT2D eigenvalue weighted by molar-refractivity contribution is 5.60. The molecular weight excluding hydrogens is 302 g/mol. The zero-order valence-corrected chi connectivity index (χ0v) is 14.2. The van der Waals surface area contributed by atoms with E-state index in [1.54, 1.807) is 14.2 Å². The van der Waals surface area contributed by atoms with Crippen LogP contribution < -0.4 is 9.47 Å². The summed E-state index contributed by atoms with van der Waals surface area (Å²) in [4.78, 5) is 0. The average molecular weight is 323 g/mol. The Bertz CT molecular complexity index is 792. The number of rotatable bonds is 6. The summed E-state index contributed by atoms with van der Waals surface area (Å²) >= 11 is 0. The fourth-order valence-corrected chi connectivity index (χ4v) is 2.63. The first-order chi connectivity index (χ1) is 11.8. The van der Waals surface area contributed by atoms with Gasteiger partial charge in [-0.15, -0.1) is 10.2 Å². The fraction of sp³-hybridized carbons (Fsp3) is 0.263. The molecule has 0 aliphatic heterocycles. The van der Waals surface area contributed by atoms with Gasteiger partial charge in [0, 0.05) is 17.7 Å². The molecule has 0 saturated heterocycles. The highest BCUT2D eigenvalue weighted by atomic mass is 16.5. The first kappa shape index (κ1) is 16.1. The molecule has 0 bridgehead atoms. The lowest BCUT2D eigenvalue weighted by Crippen LogP contribution is -2.03. The zero-order valence-electron chi connectivity index (χ0n) is 14.2. The highest BCUT2D eigenvalue weighted by Gasteiger charge is 2.15. The van der Waals surface area contributed by atoms with Gasteiger partial charge < -0.3 is 9.47 Å². The van der Waals surface area contributed by atoms with E-state index in [4.69, 9.17) is 9.47 Å². The van der Waals surface area contributed by atoms with Crippen molar-refractivity contribution in [3.63, 3.8) is 0 Å². The van der Waals surface area contributed by atoms with Crippen LogP contribution in [0.3, 0.4) is 0 Å². The predicted molar refractivity (Wildman–Crippen MR) is 93.9 cm³/mol. The Hall–Kier alpha value is -2.82. The van der Waals surface area contributed by atoms with E-state index >= 15 is 0 Å². The fourth-order valence-electron chi connectivity index (χ4n) is 2.63. The van der Waals surface area contributed by atoms with Crippen molar-refractivity contribution in [1.82, 2.24) is 14.8 Å². The summed E-state index contributed by atoms with van der Waals surface area (Å²) in [6.07, 6.45) is 1.88. The van der Waals surface area contributed by atoms with Gasteiger partial charge in [0.25, 0.3) is 0 Å². The lowest BCUT2D eigenvalue weighted by molar-refractivity contribution is 0.414. The van der Waals surface area contributed by atoms with E-state index in [1.165, 1.54) is 0 Å². The van der Waals surface area contributed by atoms with E-state index in [2.05, 4.69) is 21.7 Å². The molecule has 0 unspecified atom stereocenters. The number of nitrogens with zero attached hydrogens (tertiary/aromatic N) is 3. The minimum Gasteiger partial charge on any atom is -0.497 e. The standard InChI is InChI=1S/C19H21N3O2/c1-4-5-18-20-21-19(14-6-10-16(23-2)11-7-14)22(18)15-8-12-17(24-3)13-9-15/h6-13H,4-5H2,1-3H3. The number of methoxy groups -OCH3 is 2. The molecule has 1 heterocycles. The van der Waals surface area contributed by atoms with Crippen LogP contribution in [0.25, 0.3) is 17.1 Å². The van der Waals surface area contributed by atoms with Gasteiger partial charge in [-0.3, -0.25) is 4.57 Å². The van der Waals surface area contributed by atoms with Crippen LogP contribution in [0.4, 0.5) is 0 Å². The van der Waals surface area contributed by atoms with E-state index in [0.29, 0.717) is 0 Å². The van der Waals surface area contributed by atoms with Gasteiger partial charge in [-0.05, 0) is 55.0 Å². The van der Waals surface area contributed by atoms with Crippen LogP contribution in [-0.4, -0.2) is 29.0 Å². The Morgan fingerprint density at radius 1 is 0.833 bits per heavy atom. The second-order valence-electron chi connectivity index (χ2n) is 5.45. The summed E-state index contributed by atoms with van der Waals surface area (Å²) in [5.41, 5.74) is 2.02. The quantitative estimate of drug-likeness (QED) is 0.690. The molecule has 0 amide bonds. The van der Waals surface area contributed by atoms with Crippen LogP contribution in [-0.2, 0) is 6.42 Å². The minimum atomic E-state index is 0.822. The Labute approximate surface area is 141 Å². The smallest absolute Gasteiger partial charge is 0.168 e. The molecule has 3 rings (SSSR count). The van der Waals surface area contributed by atoms with Gasteiger partial charge in [0.1, 0.15) is 17.3 Å². The number of benzene rings is 2. The SMILES string of the molecule is CCCc1nnc(-c2ccc(OC)cc2)n1-c1ccc(OC)cc1. The van der Waals surface area contributed by atoms with E-state index in [0.717, 1.165) is 47.2 Å². The second kappa shape index (κ2) is 7.17. The zero-order chi connectivity index (χ0) is 16.9. The summed E-state index contributed by atoms with van der Waals surface area (Å²) in [5.74, 6) is 3.43. The summed E-state index contributed by atoms with van der Waals surface area (Å²) < 4.78 is 12.6. The van der Waals surface area contributed by atoms with Gasteiger partial charge in [-0.1, -0.05) is 6.92 Å². The van der Waals surface area contributed by atoms with E-state index in [1.807, 2.05) is 48.5 Å². The molecule has 0 spiro atoms. The Morgan fingerprint density at radius 2 is 1.42 bits per heavy atom. The topological polar surface area (TPSA) is 49.2 Å². The number of aryl methyl sites for hydroxylation is 1. The molecular formula is C19H21N3O2. The molecule has 0 N–H and O–H groups in total. The van der Waals surface area contributed by atoms with Crippen LogP contribution in [0.15, 0.2) is 48.5 Å². The van der Waals surface area contributed by atoms with Crippen LogP contribution in [0, 0.1) is 0 Å². The molecule has 5 nitrogen and oxygen atoms in total. The van der Waals surface area contributed by atoms with Gasteiger partial charge in [-0.2, -0.15) is 0 Å². The molecule has 3 aromatic rings. The number of hydrogen-bond donors (Lipinski definition) is 0. The van der Waals surface area contributed by atoms with Gasteiger partial charge in [-0.25, -0.2) is 0 Å². The van der Waals surface area contributed by atoms with Crippen molar-refractivity contribution >= 4 is 0 Å². The number of ether oxygens (including phenoxy) is 2. The maximum atomic E-state index is 5.25. The lowest BCUT2D eigenvalue weighted by atomic mass is 10.2. The van der Waals surface area contributed by atoms with Crippen molar-refractivity contribution < 1.29 is 9.47 Å². The molecule has 0 aliphatic carbocycles. The number of aromatic nitrogens is 3. The van der Waals surface area contributed by atoms with E-state index < -0.39 is 0 Å². The largest absolute Gasteiger partial charge is 0.497 e. The lowest BCUT2D eigenvalue weighted by Gasteiger charge is -2.11. The third-order valence-corrected chi connectivity index (χ3v) is 3.88. The summed E-state index contributed by atoms with van der Waals surface area (Å²) in [7, 11) is 3.33. The van der Waals surface area contributed by atoms with Crippen LogP contribution >= 0.6 is 0 Å². The number of hydrogen-bond acceptors (Lipinski definition) is 4. The minimum absolute atomic E-state index is 0.822. The van der Waals surface area contributed by atoms with Crippen molar-refractivity contribution in [2.24, 2.45) is 0 Å². The van der Waals surface area contributed by atoms with Crippen molar-refractivity contribution in [2.75, 3.05) is 14.2 Å². The first-order valence-corrected chi connectivity index (χ1v) is 8.00. The molecule has 0 aliphatic rings. The van der Waals surface area contributed by atoms with E-state index in [-0.39, 0.29) is 0 Å². The van der Waals surface area contributed by atoms with E-state index in [9.17, 15) is 0 Å². The van der Waals surface area contributed by atoms with Gasteiger partial charge in [0.15, 0.2) is 5.82 Å². The first-order valence-electron chi connectivity index (χ1n) is 8.00. The molecule has 0 fully saturated rings. The normalized spacial score (nSPS) is 10.6. The van der Waals surface area contributed by atoms with Gasteiger partial charge in [0.2, 0.25) is 0 Å². The molecule has 1 aromatic heterocycles. The molecule has 5 heteroatoms. The van der Waals surface area contributed by atoms with Crippen molar-refractivity contribution in [1.29, 1.82) is 0 Å².